The smallest absolute Gasteiger partial charge is 0.262 e. The van der Waals surface area contributed by atoms with E-state index in [1.54, 1.807) is 17.0 Å². The summed E-state index contributed by atoms with van der Waals surface area (Å²) < 4.78 is 5.61. The molecule has 1 fully saturated rings. The number of hydrogen-bond acceptors (Lipinski definition) is 4. The van der Waals surface area contributed by atoms with Crippen molar-refractivity contribution in [2.75, 3.05) is 29.9 Å². The van der Waals surface area contributed by atoms with Crippen LogP contribution in [-0.4, -0.2) is 31.5 Å². The van der Waals surface area contributed by atoms with Gasteiger partial charge in [0.2, 0.25) is 5.91 Å². The zero-order chi connectivity index (χ0) is 19.1. The molecule has 27 heavy (non-hydrogen) atoms. The summed E-state index contributed by atoms with van der Waals surface area (Å²) >= 11 is 0. The lowest BCUT2D eigenvalue weighted by atomic mass is 10.2. The Morgan fingerprint density at radius 1 is 1.19 bits per heavy atom. The van der Waals surface area contributed by atoms with Crippen molar-refractivity contribution >= 4 is 23.2 Å². The van der Waals surface area contributed by atoms with Crippen LogP contribution in [0.25, 0.3) is 0 Å². The highest BCUT2D eigenvalue weighted by molar-refractivity contribution is 5.95. The quantitative estimate of drug-likeness (QED) is 0.753. The molecule has 3 rings (SSSR count). The predicted molar refractivity (Wildman–Crippen MR) is 106 cm³/mol. The lowest BCUT2D eigenvalue weighted by molar-refractivity contribution is -0.118. The summed E-state index contributed by atoms with van der Waals surface area (Å²) in [5.74, 6) is 0.476. The minimum atomic E-state index is -0.224. The molecule has 0 aromatic heterocycles. The molecule has 6 nitrogen and oxygen atoms in total. The number of ether oxygens (including phenoxy) is 1. The van der Waals surface area contributed by atoms with Gasteiger partial charge in [0.25, 0.3) is 5.91 Å². The number of amides is 2. The molecule has 0 atom stereocenters. The SMILES string of the molecule is CCNCc1cccc(NC(=O)COc2cccc(N3CCCC3=O)c2)c1. The Labute approximate surface area is 159 Å². The van der Waals surface area contributed by atoms with Crippen LogP contribution in [0.5, 0.6) is 5.75 Å². The van der Waals surface area contributed by atoms with Gasteiger partial charge in [-0.15, -0.1) is 0 Å². The summed E-state index contributed by atoms with van der Waals surface area (Å²) in [5.41, 5.74) is 2.67. The number of benzene rings is 2. The molecule has 6 heteroatoms. The van der Waals surface area contributed by atoms with E-state index in [0.29, 0.717) is 12.2 Å². The predicted octanol–water partition coefficient (Wildman–Crippen LogP) is 2.94. The van der Waals surface area contributed by atoms with Gasteiger partial charge < -0.3 is 20.3 Å². The van der Waals surface area contributed by atoms with E-state index >= 15 is 0 Å². The molecule has 1 heterocycles. The molecule has 2 aromatic carbocycles. The zero-order valence-corrected chi connectivity index (χ0v) is 15.5. The summed E-state index contributed by atoms with van der Waals surface area (Å²) in [6.07, 6.45) is 1.46. The summed E-state index contributed by atoms with van der Waals surface area (Å²) in [7, 11) is 0. The lowest BCUT2D eigenvalue weighted by Crippen LogP contribution is -2.24. The number of anilines is 2. The van der Waals surface area contributed by atoms with Crippen molar-refractivity contribution in [3.05, 3.63) is 54.1 Å². The third kappa shape index (κ3) is 5.31. The molecule has 0 saturated carbocycles. The van der Waals surface area contributed by atoms with Crippen molar-refractivity contribution in [2.24, 2.45) is 0 Å². The molecule has 0 spiro atoms. The maximum absolute atomic E-state index is 12.2. The summed E-state index contributed by atoms with van der Waals surface area (Å²) in [4.78, 5) is 25.8. The van der Waals surface area contributed by atoms with Gasteiger partial charge in [-0.05, 0) is 42.8 Å². The highest BCUT2D eigenvalue weighted by Gasteiger charge is 2.21. The second-order valence-corrected chi connectivity index (χ2v) is 6.46. The van der Waals surface area contributed by atoms with Gasteiger partial charge in [-0.1, -0.05) is 25.1 Å². The number of nitrogens with zero attached hydrogens (tertiary/aromatic N) is 1. The fourth-order valence-electron chi connectivity index (χ4n) is 3.04. The van der Waals surface area contributed by atoms with Crippen LogP contribution in [-0.2, 0) is 16.1 Å². The van der Waals surface area contributed by atoms with Crippen LogP contribution >= 0.6 is 0 Å². The Balaban J connectivity index is 1.54. The average molecular weight is 367 g/mol. The molecule has 0 bridgehead atoms. The van der Waals surface area contributed by atoms with E-state index in [1.165, 1.54) is 0 Å². The minimum Gasteiger partial charge on any atom is -0.484 e. The Kier molecular flexibility index (Phi) is 6.44. The van der Waals surface area contributed by atoms with Crippen molar-refractivity contribution in [3.8, 4) is 5.75 Å². The molecule has 1 aliphatic rings. The molecule has 2 N–H and O–H groups in total. The van der Waals surface area contributed by atoms with Gasteiger partial charge in [-0.3, -0.25) is 9.59 Å². The van der Waals surface area contributed by atoms with Crippen LogP contribution in [0.2, 0.25) is 0 Å². The van der Waals surface area contributed by atoms with E-state index in [9.17, 15) is 9.59 Å². The average Bonchev–Trinajstić information content (AvgIpc) is 3.11. The van der Waals surface area contributed by atoms with E-state index in [2.05, 4.69) is 17.6 Å². The molecule has 1 aliphatic heterocycles. The van der Waals surface area contributed by atoms with Crippen molar-refractivity contribution in [2.45, 2.75) is 26.3 Å². The van der Waals surface area contributed by atoms with Crippen LogP contribution < -0.4 is 20.3 Å². The van der Waals surface area contributed by atoms with Gasteiger partial charge >= 0.3 is 0 Å². The molecule has 0 aliphatic carbocycles. The topological polar surface area (TPSA) is 70.7 Å². The number of nitrogens with one attached hydrogen (secondary N) is 2. The van der Waals surface area contributed by atoms with Crippen LogP contribution in [0.15, 0.2) is 48.5 Å². The molecule has 142 valence electrons. The van der Waals surface area contributed by atoms with E-state index in [0.717, 1.165) is 43.0 Å². The number of hydrogen-bond donors (Lipinski definition) is 2. The second-order valence-electron chi connectivity index (χ2n) is 6.46. The first-order chi connectivity index (χ1) is 13.2. The standard InChI is InChI=1S/C21H25N3O3/c1-2-22-14-16-6-3-7-17(12-16)23-20(25)15-27-19-9-4-8-18(13-19)24-11-5-10-21(24)26/h3-4,6-9,12-13,22H,2,5,10-11,14-15H2,1H3,(H,23,25). The van der Waals surface area contributed by atoms with Crippen molar-refractivity contribution in [1.29, 1.82) is 0 Å². The van der Waals surface area contributed by atoms with Crippen LogP contribution in [0, 0.1) is 0 Å². The maximum Gasteiger partial charge on any atom is 0.262 e. The first-order valence-electron chi connectivity index (χ1n) is 9.28. The molecule has 1 saturated heterocycles. The highest BCUT2D eigenvalue weighted by atomic mass is 16.5. The molecule has 0 unspecified atom stereocenters. The largest absolute Gasteiger partial charge is 0.484 e. The molecular weight excluding hydrogens is 342 g/mol. The summed E-state index contributed by atoms with van der Waals surface area (Å²) in [6.45, 7) is 4.35. The third-order valence-corrected chi connectivity index (χ3v) is 4.36. The van der Waals surface area contributed by atoms with Crippen molar-refractivity contribution in [1.82, 2.24) is 5.32 Å². The zero-order valence-electron chi connectivity index (χ0n) is 15.5. The molecular formula is C21H25N3O3. The van der Waals surface area contributed by atoms with Crippen LogP contribution in [0.3, 0.4) is 0 Å². The van der Waals surface area contributed by atoms with Crippen molar-refractivity contribution in [3.63, 3.8) is 0 Å². The minimum absolute atomic E-state index is 0.0885. The van der Waals surface area contributed by atoms with Gasteiger partial charge in [0.1, 0.15) is 5.75 Å². The van der Waals surface area contributed by atoms with Gasteiger partial charge in [0, 0.05) is 37.0 Å². The van der Waals surface area contributed by atoms with Crippen LogP contribution in [0.4, 0.5) is 11.4 Å². The van der Waals surface area contributed by atoms with Gasteiger partial charge in [-0.2, -0.15) is 0 Å². The Morgan fingerprint density at radius 3 is 2.81 bits per heavy atom. The van der Waals surface area contributed by atoms with Crippen molar-refractivity contribution < 1.29 is 14.3 Å². The fraction of sp³-hybridized carbons (Fsp3) is 0.333. The number of carbonyl (C=O) groups is 2. The number of carbonyl (C=O) groups excluding carboxylic acids is 2. The Bertz CT molecular complexity index is 807. The fourth-order valence-corrected chi connectivity index (χ4v) is 3.04. The second kappa shape index (κ2) is 9.19. The van der Waals surface area contributed by atoms with E-state index in [-0.39, 0.29) is 18.4 Å². The van der Waals surface area contributed by atoms with E-state index in [1.807, 2.05) is 36.4 Å². The Hall–Kier alpha value is -2.86. The third-order valence-electron chi connectivity index (χ3n) is 4.36. The molecule has 2 aromatic rings. The first kappa shape index (κ1) is 18.9. The monoisotopic (exact) mass is 367 g/mol. The Morgan fingerprint density at radius 2 is 2.04 bits per heavy atom. The summed E-state index contributed by atoms with van der Waals surface area (Å²) in [5, 5.41) is 6.11. The van der Waals surface area contributed by atoms with Gasteiger partial charge in [0.05, 0.1) is 0 Å². The van der Waals surface area contributed by atoms with E-state index < -0.39 is 0 Å². The van der Waals surface area contributed by atoms with E-state index in [4.69, 9.17) is 4.74 Å². The maximum atomic E-state index is 12.2. The first-order valence-corrected chi connectivity index (χ1v) is 9.28. The highest BCUT2D eigenvalue weighted by Crippen LogP contribution is 2.25. The van der Waals surface area contributed by atoms with Gasteiger partial charge in [-0.25, -0.2) is 0 Å². The number of rotatable bonds is 8. The van der Waals surface area contributed by atoms with Crippen LogP contribution in [0.1, 0.15) is 25.3 Å². The normalized spacial score (nSPS) is 13.7. The molecule has 2 amide bonds. The molecule has 0 radical (unpaired) electrons. The summed E-state index contributed by atoms with van der Waals surface area (Å²) in [6, 6.07) is 15.0. The lowest BCUT2D eigenvalue weighted by Gasteiger charge is -2.16. The van der Waals surface area contributed by atoms with Gasteiger partial charge in [0.15, 0.2) is 6.61 Å².